The number of rotatable bonds is 6. The smallest absolute Gasteiger partial charge is 0.341 e. The van der Waals surface area contributed by atoms with Gasteiger partial charge in [0.05, 0.1) is 23.9 Å². The van der Waals surface area contributed by atoms with Gasteiger partial charge in [-0.1, -0.05) is 6.92 Å². The standard InChI is InChI=1S/C15H15F4NO4/c1-3-9(20-6(2)5-21)10(15(23)24)14(22)7-4-8(16)12(18)13(19)11(7)17/h4,6,21-22H,3,5H2,1-2H3,(H,23,24)/t6-/m1/s1. The van der Waals surface area contributed by atoms with Gasteiger partial charge in [0, 0.05) is 0 Å². The summed E-state index contributed by atoms with van der Waals surface area (Å²) in [6, 6.07) is -0.581. The molecule has 0 bridgehead atoms. The topological polar surface area (TPSA) is 90.1 Å². The molecule has 0 aliphatic carbocycles. The fraction of sp³-hybridized carbons (Fsp3) is 0.333. The van der Waals surface area contributed by atoms with Gasteiger partial charge in [-0.25, -0.2) is 22.4 Å². The second-order valence-corrected chi connectivity index (χ2v) is 4.84. The van der Waals surface area contributed by atoms with Crippen molar-refractivity contribution in [3.8, 4) is 0 Å². The van der Waals surface area contributed by atoms with E-state index in [9.17, 15) is 32.6 Å². The zero-order valence-corrected chi connectivity index (χ0v) is 12.8. The maximum atomic E-state index is 13.8. The Morgan fingerprint density at radius 3 is 2.21 bits per heavy atom. The summed E-state index contributed by atoms with van der Waals surface area (Å²) in [5, 5.41) is 28.2. The van der Waals surface area contributed by atoms with Crippen LogP contribution < -0.4 is 0 Å². The zero-order valence-electron chi connectivity index (χ0n) is 12.8. The zero-order chi connectivity index (χ0) is 18.6. The van der Waals surface area contributed by atoms with Gasteiger partial charge >= 0.3 is 5.97 Å². The Morgan fingerprint density at radius 2 is 1.75 bits per heavy atom. The van der Waals surface area contributed by atoms with Crippen LogP contribution in [0.25, 0.3) is 5.76 Å². The summed E-state index contributed by atoms with van der Waals surface area (Å²) in [4.78, 5) is 15.2. The van der Waals surface area contributed by atoms with Crippen LogP contribution in [0.2, 0.25) is 0 Å². The van der Waals surface area contributed by atoms with E-state index < -0.39 is 58.8 Å². The van der Waals surface area contributed by atoms with Crippen LogP contribution >= 0.6 is 0 Å². The molecule has 0 saturated heterocycles. The number of carbonyl (C=O) groups is 1. The lowest BCUT2D eigenvalue weighted by Gasteiger charge is -2.12. The number of aliphatic imine (C=N–C) groups is 1. The molecule has 1 rings (SSSR count). The van der Waals surface area contributed by atoms with Gasteiger partial charge in [0.25, 0.3) is 0 Å². The van der Waals surface area contributed by atoms with Crippen LogP contribution in [0.15, 0.2) is 16.6 Å². The van der Waals surface area contributed by atoms with Crippen LogP contribution in [0.1, 0.15) is 25.8 Å². The van der Waals surface area contributed by atoms with Crippen molar-refractivity contribution >= 4 is 17.4 Å². The minimum absolute atomic E-state index is 0.0379. The highest BCUT2D eigenvalue weighted by molar-refractivity contribution is 6.23. The first-order valence-corrected chi connectivity index (χ1v) is 6.83. The fourth-order valence-corrected chi connectivity index (χ4v) is 1.88. The van der Waals surface area contributed by atoms with E-state index in [1.165, 1.54) is 13.8 Å². The van der Waals surface area contributed by atoms with Crippen LogP contribution in [0.5, 0.6) is 0 Å². The first-order valence-electron chi connectivity index (χ1n) is 6.83. The Labute approximate surface area is 134 Å². The van der Waals surface area contributed by atoms with E-state index in [4.69, 9.17) is 5.11 Å². The highest BCUT2D eigenvalue weighted by Gasteiger charge is 2.27. The summed E-state index contributed by atoms with van der Waals surface area (Å²) in [6.07, 6.45) is -0.0379. The first-order chi connectivity index (χ1) is 11.1. The molecule has 9 heteroatoms. The number of hydrogen-bond donors (Lipinski definition) is 3. The molecule has 3 N–H and O–H groups in total. The largest absolute Gasteiger partial charge is 0.506 e. The van der Waals surface area contributed by atoms with Gasteiger partial charge in [0.15, 0.2) is 23.3 Å². The van der Waals surface area contributed by atoms with E-state index >= 15 is 0 Å². The van der Waals surface area contributed by atoms with Gasteiger partial charge in [0.1, 0.15) is 11.3 Å². The Hall–Kier alpha value is -2.42. The maximum absolute atomic E-state index is 13.8. The van der Waals surface area contributed by atoms with E-state index in [1.807, 2.05) is 0 Å². The average Bonchev–Trinajstić information content (AvgIpc) is 2.54. The third-order valence-corrected chi connectivity index (χ3v) is 3.07. The number of carboxylic acids is 1. The van der Waals surface area contributed by atoms with Crippen molar-refractivity contribution in [3.63, 3.8) is 0 Å². The number of hydrogen-bond acceptors (Lipinski definition) is 4. The summed E-state index contributed by atoms with van der Waals surface area (Å²) >= 11 is 0. The van der Waals surface area contributed by atoms with E-state index in [0.717, 1.165) is 0 Å². The van der Waals surface area contributed by atoms with Crippen molar-refractivity contribution < 1.29 is 37.7 Å². The average molecular weight is 349 g/mol. The molecule has 24 heavy (non-hydrogen) atoms. The number of aliphatic carboxylic acids is 1. The van der Waals surface area contributed by atoms with E-state index in [0.29, 0.717) is 0 Å². The molecule has 0 saturated carbocycles. The summed E-state index contributed by atoms with van der Waals surface area (Å²) in [7, 11) is 0. The predicted octanol–water partition coefficient (Wildman–Crippen LogP) is 2.83. The lowest BCUT2D eigenvalue weighted by molar-refractivity contribution is -0.132. The molecule has 0 aromatic heterocycles. The van der Waals surface area contributed by atoms with Crippen LogP contribution in [0.3, 0.4) is 0 Å². The number of nitrogens with zero attached hydrogens (tertiary/aromatic N) is 1. The molecule has 0 aliphatic heterocycles. The molecule has 5 nitrogen and oxygen atoms in total. The second-order valence-electron chi connectivity index (χ2n) is 4.84. The van der Waals surface area contributed by atoms with Gasteiger partial charge < -0.3 is 15.3 Å². The molecule has 0 aliphatic rings. The molecule has 0 spiro atoms. The van der Waals surface area contributed by atoms with Crippen molar-refractivity contribution in [2.24, 2.45) is 4.99 Å². The SMILES string of the molecule is CCC(=N[C@H](C)CO)C(C(=O)O)=C(O)c1cc(F)c(F)c(F)c1F. The third kappa shape index (κ3) is 3.91. The second kappa shape index (κ2) is 7.91. The minimum atomic E-state index is -2.18. The van der Waals surface area contributed by atoms with Crippen LogP contribution in [-0.2, 0) is 4.79 Å². The predicted molar refractivity (Wildman–Crippen MR) is 77.7 cm³/mol. The molecule has 0 fully saturated rings. The van der Waals surface area contributed by atoms with Gasteiger partial charge in [-0.15, -0.1) is 0 Å². The Balaban J connectivity index is 3.69. The maximum Gasteiger partial charge on any atom is 0.341 e. The summed E-state index contributed by atoms with van der Waals surface area (Å²) in [5.74, 6) is -11.0. The van der Waals surface area contributed by atoms with E-state index in [-0.39, 0.29) is 18.2 Å². The lowest BCUT2D eigenvalue weighted by atomic mass is 10.0. The highest BCUT2D eigenvalue weighted by atomic mass is 19.2. The first kappa shape index (κ1) is 19.6. The van der Waals surface area contributed by atoms with Crippen LogP contribution in [0, 0.1) is 23.3 Å². The Kier molecular flexibility index (Phi) is 6.47. The van der Waals surface area contributed by atoms with Gasteiger partial charge in [-0.2, -0.15) is 0 Å². The minimum Gasteiger partial charge on any atom is -0.506 e. The number of benzene rings is 1. The van der Waals surface area contributed by atoms with Crippen molar-refractivity contribution in [2.45, 2.75) is 26.3 Å². The normalized spacial score (nSPS) is 14.4. The van der Waals surface area contributed by atoms with E-state index in [2.05, 4.69) is 4.99 Å². The number of aliphatic hydroxyl groups is 2. The number of carboxylic acid groups (broad SMARTS) is 1. The Bertz CT molecular complexity index is 716. The molecular weight excluding hydrogens is 334 g/mol. The number of aliphatic hydroxyl groups excluding tert-OH is 2. The molecule has 1 atom stereocenters. The lowest BCUT2D eigenvalue weighted by Crippen LogP contribution is -2.18. The molecular formula is C15H15F4NO4. The van der Waals surface area contributed by atoms with Crippen molar-refractivity contribution in [2.75, 3.05) is 6.61 Å². The summed E-state index contributed by atoms with van der Waals surface area (Å²) in [6.45, 7) is 2.50. The third-order valence-electron chi connectivity index (χ3n) is 3.07. The van der Waals surface area contributed by atoms with E-state index in [1.54, 1.807) is 0 Å². The molecule has 0 radical (unpaired) electrons. The molecule has 1 aromatic rings. The van der Waals surface area contributed by atoms with Crippen molar-refractivity contribution in [3.05, 3.63) is 40.5 Å². The Morgan fingerprint density at radius 1 is 1.17 bits per heavy atom. The molecule has 132 valence electrons. The summed E-state index contributed by atoms with van der Waals surface area (Å²) in [5.41, 5.74) is -2.28. The van der Waals surface area contributed by atoms with Crippen LogP contribution in [-0.4, -0.2) is 39.6 Å². The number of halogens is 4. The van der Waals surface area contributed by atoms with Crippen molar-refractivity contribution in [1.82, 2.24) is 0 Å². The molecule has 0 amide bonds. The molecule has 0 unspecified atom stereocenters. The molecule has 1 aromatic carbocycles. The van der Waals surface area contributed by atoms with Crippen molar-refractivity contribution in [1.29, 1.82) is 0 Å². The molecule has 0 heterocycles. The van der Waals surface area contributed by atoms with Gasteiger partial charge in [-0.3, -0.25) is 4.99 Å². The van der Waals surface area contributed by atoms with Gasteiger partial charge in [0.2, 0.25) is 0 Å². The fourth-order valence-electron chi connectivity index (χ4n) is 1.88. The monoisotopic (exact) mass is 349 g/mol. The van der Waals surface area contributed by atoms with Crippen LogP contribution in [0.4, 0.5) is 17.6 Å². The van der Waals surface area contributed by atoms with Gasteiger partial charge in [-0.05, 0) is 19.4 Å². The highest BCUT2D eigenvalue weighted by Crippen LogP contribution is 2.26. The summed E-state index contributed by atoms with van der Waals surface area (Å²) < 4.78 is 53.3. The quantitative estimate of drug-likeness (QED) is 0.184.